The number of ether oxygens (including phenoxy) is 2. The lowest BCUT2D eigenvalue weighted by Gasteiger charge is -2.49. The molecular formula is C28H36N2O4. The van der Waals surface area contributed by atoms with E-state index in [0.29, 0.717) is 32.0 Å². The molecule has 2 aromatic rings. The van der Waals surface area contributed by atoms with E-state index in [2.05, 4.69) is 13.8 Å². The van der Waals surface area contributed by atoms with Crippen molar-refractivity contribution < 1.29 is 19.1 Å². The number of piperazine rings is 1. The number of methoxy groups -OCH3 is 1. The van der Waals surface area contributed by atoms with E-state index in [1.54, 1.807) is 16.9 Å². The molecule has 5 rings (SSSR count). The Balaban J connectivity index is 1.63. The van der Waals surface area contributed by atoms with Crippen LogP contribution in [-0.4, -0.2) is 53.5 Å². The zero-order valence-corrected chi connectivity index (χ0v) is 20.5. The smallest absolute Gasteiger partial charge is 0.249 e. The van der Waals surface area contributed by atoms with Crippen molar-refractivity contribution in [2.24, 2.45) is 5.92 Å². The summed E-state index contributed by atoms with van der Waals surface area (Å²) in [6.07, 6.45) is 2.95. The van der Waals surface area contributed by atoms with E-state index in [9.17, 15) is 9.59 Å². The SMILES string of the molecule is COc1ccc(CN2C(=O)[C@@H]3CCC[C@@H](OCCC(C)C)[C@H]2C(=O)N3Cc2ccccc2)cc1. The summed E-state index contributed by atoms with van der Waals surface area (Å²) < 4.78 is 11.6. The topological polar surface area (TPSA) is 59.1 Å². The molecular weight excluding hydrogens is 428 g/mol. The number of hydrogen-bond acceptors (Lipinski definition) is 4. The third kappa shape index (κ3) is 5.44. The van der Waals surface area contributed by atoms with Crippen LogP contribution >= 0.6 is 0 Å². The predicted molar refractivity (Wildman–Crippen MR) is 131 cm³/mol. The molecule has 0 spiro atoms. The van der Waals surface area contributed by atoms with E-state index in [0.717, 1.165) is 36.1 Å². The highest BCUT2D eigenvalue weighted by Gasteiger charge is 2.50. The third-order valence-electron chi connectivity index (χ3n) is 6.87. The Morgan fingerprint density at radius 3 is 2.24 bits per heavy atom. The normalized spacial score (nSPS) is 22.8. The Morgan fingerprint density at radius 2 is 1.56 bits per heavy atom. The molecule has 2 amide bonds. The van der Waals surface area contributed by atoms with E-state index in [-0.39, 0.29) is 17.9 Å². The molecule has 3 aliphatic rings. The molecule has 6 heteroatoms. The molecule has 0 aromatic heterocycles. The van der Waals surface area contributed by atoms with Gasteiger partial charge in [-0.25, -0.2) is 0 Å². The molecule has 0 N–H and O–H groups in total. The van der Waals surface area contributed by atoms with Crippen LogP contribution in [0.3, 0.4) is 0 Å². The number of hydrogen-bond donors (Lipinski definition) is 0. The van der Waals surface area contributed by atoms with Crippen LogP contribution in [0.1, 0.15) is 50.7 Å². The average Bonchev–Trinajstić information content (AvgIpc) is 2.83. The summed E-state index contributed by atoms with van der Waals surface area (Å²) in [4.78, 5) is 31.3. The molecule has 0 radical (unpaired) electrons. The van der Waals surface area contributed by atoms with Gasteiger partial charge in [0.2, 0.25) is 11.8 Å². The second kappa shape index (κ2) is 11.0. The summed E-state index contributed by atoms with van der Waals surface area (Å²) in [5.74, 6) is 1.31. The lowest BCUT2D eigenvalue weighted by molar-refractivity contribution is -0.174. The first kappa shape index (κ1) is 24.3. The molecule has 3 atom stereocenters. The Labute approximate surface area is 202 Å². The van der Waals surface area contributed by atoms with Crippen LogP contribution in [0.15, 0.2) is 54.6 Å². The van der Waals surface area contributed by atoms with Crippen LogP contribution in [0.25, 0.3) is 0 Å². The van der Waals surface area contributed by atoms with Gasteiger partial charge in [0, 0.05) is 19.7 Å². The molecule has 182 valence electrons. The number of carbonyl (C=O) groups is 2. The van der Waals surface area contributed by atoms with Gasteiger partial charge >= 0.3 is 0 Å². The molecule has 0 aliphatic carbocycles. The molecule has 2 bridgehead atoms. The number of fused-ring (bicyclic) bond motifs is 5. The first-order chi connectivity index (χ1) is 16.5. The summed E-state index contributed by atoms with van der Waals surface area (Å²) in [5.41, 5.74) is 2.01. The van der Waals surface area contributed by atoms with Crippen molar-refractivity contribution in [3.05, 3.63) is 65.7 Å². The summed E-state index contributed by atoms with van der Waals surface area (Å²) >= 11 is 0. The van der Waals surface area contributed by atoms with Gasteiger partial charge in [0.1, 0.15) is 17.8 Å². The molecule has 3 aliphatic heterocycles. The molecule has 6 nitrogen and oxygen atoms in total. The number of amides is 2. The molecule has 0 saturated carbocycles. The highest BCUT2D eigenvalue weighted by atomic mass is 16.5. The third-order valence-corrected chi connectivity index (χ3v) is 6.87. The van der Waals surface area contributed by atoms with Crippen LogP contribution in [0.4, 0.5) is 0 Å². The van der Waals surface area contributed by atoms with Crippen LogP contribution in [0, 0.1) is 5.92 Å². The minimum atomic E-state index is -0.609. The van der Waals surface area contributed by atoms with Crippen molar-refractivity contribution >= 4 is 11.8 Å². The Morgan fingerprint density at radius 1 is 0.882 bits per heavy atom. The van der Waals surface area contributed by atoms with Gasteiger partial charge in [-0.05, 0) is 54.9 Å². The van der Waals surface area contributed by atoms with E-state index < -0.39 is 12.1 Å². The minimum Gasteiger partial charge on any atom is -0.497 e. The standard InChI is InChI=1S/C28H36N2O4/c1-20(2)16-17-34-25-11-7-10-24-27(31)30(19-22-12-14-23(33-3)15-13-22)26(25)28(32)29(24)18-21-8-5-4-6-9-21/h4-6,8-9,12-15,20,24-26H,7,10-11,16-19H2,1-3H3/t24-,25+,26-/m0/s1. The van der Waals surface area contributed by atoms with E-state index in [4.69, 9.17) is 9.47 Å². The van der Waals surface area contributed by atoms with E-state index in [1.165, 1.54) is 0 Å². The van der Waals surface area contributed by atoms with Gasteiger partial charge in [-0.15, -0.1) is 0 Å². The van der Waals surface area contributed by atoms with Gasteiger partial charge < -0.3 is 19.3 Å². The maximum absolute atomic E-state index is 14.0. The Kier molecular flexibility index (Phi) is 7.88. The lowest BCUT2D eigenvalue weighted by atomic mass is 9.88. The fraction of sp³-hybridized carbons (Fsp3) is 0.500. The fourth-order valence-corrected chi connectivity index (χ4v) is 4.93. The van der Waals surface area contributed by atoms with Crippen LogP contribution in [0.2, 0.25) is 0 Å². The molecule has 3 saturated heterocycles. The monoisotopic (exact) mass is 464 g/mol. The van der Waals surface area contributed by atoms with Crippen LogP contribution in [0.5, 0.6) is 5.75 Å². The average molecular weight is 465 g/mol. The maximum Gasteiger partial charge on any atom is 0.249 e. The van der Waals surface area contributed by atoms with Crippen LogP contribution in [-0.2, 0) is 27.4 Å². The first-order valence-corrected chi connectivity index (χ1v) is 12.4. The zero-order chi connectivity index (χ0) is 24.1. The van der Waals surface area contributed by atoms with Crippen LogP contribution < -0.4 is 4.74 Å². The number of nitrogens with zero attached hydrogens (tertiary/aromatic N) is 2. The molecule has 3 fully saturated rings. The quantitative estimate of drug-likeness (QED) is 0.551. The van der Waals surface area contributed by atoms with Gasteiger partial charge in [-0.3, -0.25) is 9.59 Å². The minimum absolute atomic E-state index is 0.00351. The van der Waals surface area contributed by atoms with Crippen molar-refractivity contribution in [1.29, 1.82) is 0 Å². The first-order valence-electron chi connectivity index (χ1n) is 12.4. The lowest BCUT2D eigenvalue weighted by Crippen LogP contribution is -2.68. The molecule has 3 heterocycles. The predicted octanol–water partition coefficient (Wildman–Crippen LogP) is 4.42. The van der Waals surface area contributed by atoms with Crippen molar-refractivity contribution in [2.75, 3.05) is 13.7 Å². The van der Waals surface area contributed by atoms with Gasteiger partial charge in [-0.1, -0.05) is 56.3 Å². The second-order valence-corrected chi connectivity index (χ2v) is 9.75. The number of rotatable bonds is 9. The number of benzene rings is 2. The summed E-state index contributed by atoms with van der Waals surface area (Å²) in [6, 6.07) is 16.6. The summed E-state index contributed by atoms with van der Waals surface area (Å²) in [6.45, 7) is 5.76. The summed E-state index contributed by atoms with van der Waals surface area (Å²) in [5, 5.41) is 0. The highest BCUT2D eigenvalue weighted by Crippen LogP contribution is 2.33. The second-order valence-electron chi connectivity index (χ2n) is 9.75. The van der Waals surface area contributed by atoms with Crippen molar-refractivity contribution in [3.8, 4) is 5.75 Å². The Bertz CT molecular complexity index is 960. The molecule has 0 unspecified atom stereocenters. The van der Waals surface area contributed by atoms with E-state index >= 15 is 0 Å². The zero-order valence-electron chi connectivity index (χ0n) is 20.5. The van der Waals surface area contributed by atoms with Gasteiger partial charge in [-0.2, -0.15) is 0 Å². The van der Waals surface area contributed by atoms with Gasteiger partial charge in [0.05, 0.1) is 13.2 Å². The Hall–Kier alpha value is -2.86. The van der Waals surface area contributed by atoms with Gasteiger partial charge in [0.15, 0.2) is 0 Å². The fourth-order valence-electron chi connectivity index (χ4n) is 4.93. The summed E-state index contributed by atoms with van der Waals surface area (Å²) in [7, 11) is 1.63. The number of carbonyl (C=O) groups excluding carboxylic acids is 2. The van der Waals surface area contributed by atoms with Crippen molar-refractivity contribution in [2.45, 2.75) is 70.8 Å². The van der Waals surface area contributed by atoms with Crippen molar-refractivity contribution in [1.82, 2.24) is 9.80 Å². The van der Waals surface area contributed by atoms with Crippen molar-refractivity contribution in [3.63, 3.8) is 0 Å². The molecule has 34 heavy (non-hydrogen) atoms. The van der Waals surface area contributed by atoms with Gasteiger partial charge in [0.25, 0.3) is 0 Å². The van der Waals surface area contributed by atoms with E-state index in [1.807, 2.05) is 54.6 Å². The molecule has 2 aromatic carbocycles. The maximum atomic E-state index is 14.0. The highest BCUT2D eigenvalue weighted by molar-refractivity contribution is 5.97. The largest absolute Gasteiger partial charge is 0.497 e.